The van der Waals surface area contributed by atoms with Crippen molar-refractivity contribution in [2.75, 3.05) is 0 Å². The molecular weight excluding hydrogens is 398 g/mol. The third kappa shape index (κ3) is 3.52. The van der Waals surface area contributed by atoms with Gasteiger partial charge in [-0.15, -0.1) is 11.3 Å². The lowest BCUT2D eigenvalue weighted by molar-refractivity contribution is -0.130. The molecule has 0 saturated heterocycles. The molecule has 1 atom stereocenters. The molecule has 152 valence electrons. The first-order valence-electron chi connectivity index (χ1n) is 9.56. The van der Waals surface area contributed by atoms with Crippen LogP contribution in [0.15, 0.2) is 60.0 Å². The van der Waals surface area contributed by atoms with Crippen LogP contribution < -0.4 is 0 Å². The van der Waals surface area contributed by atoms with Gasteiger partial charge in [0.25, 0.3) is 5.91 Å². The number of hydrogen-bond donors (Lipinski definition) is 1. The topological polar surface area (TPSA) is 83.4 Å². The number of carbonyl (C=O) groups excluding carboxylic acids is 2. The van der Waals surface area contributed by atoms with Crippen molar-refractivity contribution in [3.05, 3.63) is 92.4 Å². The molecule has 3 heterocycles. The van der Waals surface area contributed by atoms with E-state index in [1.807, 2.05) is 50.2 Å². The van der Waals surface area contributed by atoms with Gasteiger partial charge in [-0.3, -0.25) is 14.6 Å². The Labute approximate surface area is 178 Å². The molecule has 3 aromatic rings. The summed E-state index contributed by atoms with van der Waals surface area (Å²) >= 11 is 1.27. The van der Waals surface area contributed by atoms with Crippen molar-refractivity contribution in [2.45, 2.75) is 33.4 Å². The second-order valence-electron chi connectivity index (χ2n) is 7.31. The molecule has 0 fully saturated rings. The first-order chi connectivity index (χ1) is 14.4. The summed E-state index contributed by atoms with van der Waals surface area (Å²) in [5, 5.41) is 11.5. The number of aliphatic hydroxyl groups excluding tert-OH is 1. The minimum atomic E-state index is -0.700. The molecule has 0 aliphatic carbocycles. The van der Waals surface area contributed by atoms with E-state index in [-0.39, 0.29) is 17.9 Å². The van der Waals surface area contributed by atoms with Gasteiger partial charge in [0.15, 0.2) is 5.76 Å². The van der Waals surface area contributed by atoms with Gasteiger partial charge in [-0.05, 0) is 38.5 Å². The lowest BCUT2D eigenvalue weighted by Crippen LogP contribution is -2.31. The first kappa shape index (κ1) is 20.0. The number of thiazole rings is 1. The maximum atomic E-state index is 13.5. The zero-order valence-corrected chi connectivity index (χ0v) is 17.7. The molecular formula is C23H21N3O3S. The minimum absolute atomic E-state index is 0.0910. The minimum Gasteiger partial charge on any atom is -0.503 e. The zero-order valence-electron chi connectivity index (χ0n) is 16.9. The van der Waals surface area contributed by atoms with Gasteiger partial charge < -0.3 is 10.0 Å². The number of aryl methyl sites for hydroxylation is 3. The molecule has 1 N–H and O–H groups in total. The fraction of sp³-hybridized carbons (Fsp3) is 0.217. The highest BCUT2D eigenvalue weighted by molar-refractivity contribution is 7.14. The molecule has 7 heteroatoms. The molecule has 1 aliphatic rings. The summed E-state index contributed by atoms with van der Waals surface area (Å²) < 4.78 is 0. The van der Waals surface area contributed by atoms with Crippen molar-refractivity contribution in [1.29, 1.82) is 0 Å². The molecule has 4 rings (SSSR count). The number of rotatable bonds is 5. The van der Waals surface area contributed by atoms with Gasteiger partial charge in [-0.1, -0.05) is 35.9 Å². The van der Waals surface area contributed by atoms with Crippen LogP contribution in [-0.4, -0.2) is 31.7 Å². The van der Waals surface area contributed by atoms with E-state index in [1.165, 1.54) is 16.2 Å². The fourth-order valence-electron chi connectivity index (χ4n) is 3.77. The summed E-state index contributed by atoms with van der Waals surface area (Å²) in [6, 6.07) is 12.4. The molecule has 1 unspecified atom stereocenters. The highest BCUT2D eigenvalue weighted by Gasteiger charge is 2.44. The van der Waals surface area contributed by atoms with Gasteiger partial charge in [0.1, 0.15) is 0 Å². The Morgan fingerprint density at radius 1 is 1.17 bits per heavy atom. The Balaban J connectivity index is 1.83. The van der Waals surface area contributed by atoms with E-state index in [0.717, 1.165) is 16.1 Å². The normalized spacial score (nSPS) is 16.4. The highest BCUT2D eigenvalue weighted by Crippen LogP contribution is 2.41. The number of benzene rings is 1. The van der Waals surface area contributed by atoms with E-state index in [4.69, 9.17) is 0 Å². The lowest BCUT2D eigenvalue weighted by atomic mass is 9.94. The molecule has 0 bridgehead atoms. The summed E-state index contributed by atoms with van der Waals surface area (Å²) in [6.07, 6.45) is 1.65. The first-order valence-corrected chi connectivity index (χ1v) is 10.4. The number of carbonyl (C=O) groups is 2. The van der Waals surface area contributed by atoms with Crippen LogP contribution in [0, 0.1) is 20.8 Å². The third-order valence-corrected chi connectivity index (χ3v) is 6.15. The predicted molar refractivity (Wildman–Crippen MR) is 114 cm³/mol. The number of ketones is 1. The molecule has 0 saturated carbocycles. The third-order valence-electron chi connectivity index (χ3n) is 5.07. The average molecular weight is 420 g/mol. The van der Waals surface area contributed by atoms with Crippen LogP contribution >= 0.6 is 11.3 Å². The van der Waals surface area contributed by atoms with Crippen LogP contribution in [0.1, 0.15) is 43.2 Å². The van der Waals surface area contributed by atoms with E-state index in [9.17, 15) is 14.7 Å². The fourth-order valence-corrected chi connectivity index (χ4v) is 4.64. The highest BCUT2D eigenvalue weighted by atomic mass is 32.1. The van der Waals surface area contributed by atoms with E-state index in [0.29, 0.717) is 16.3 Å². The largest absolute Gasteiger partial charge is 0.503 e. The number of hydrogen-bond acceptors (Lipinski definition) is 6. The smallest absolute Gasteiger partial charge is 0.290 e. The summed E-state index contributed by atoms with van der Waals surface area (Å²) in [7, 11) is 0. The van der Waals surface area contributed by atoms with Crippen LogP contribution in [0.3, 0.4) is 0 Å². The number of aliphatic hydroxyl groups is 1. The van der Waals surface area contributed by atoms with Crippen LogP contribution in [-0.2, 0) is 11.3 Å². The Morgan fingerprint density at radius 3 is 2.60 bits per heavy atom. The summed E-state index contributed by atoms with van der Waals surface area (Å²) in [4.78, 5) is 37.1. The number of Topliss-reactive ketones (excluding diaryl/α,β-unsaturated/α-hetero) is 1. The standard InChI is InChI=1S/C23H21N3O3S/c1-13-7-6-8-16(11-13)19-18(20(27)22-14(2)25-15(3)30-22)21(28)23(29)26(19)12-17-9-4-5-10-24-17/h4-11,19,28H,12H2,1-3H3. The van der Waals surface area contributed by atoms with Gasteiger partial charge in [0.05, 0.1) is 39.4 Å². The number of amides is 1. The lowest BCUT2D eigenvalue weighted by Gasteiger charge is -2.26. The molecule has 1 aromatic carbocycles. The molecule has 6 nitrogen and oxygen atoms in total. The second-order valence-corrected chi connectivity index (χ2v) is 8.51. The maximum Gasteiger partial charge on any atom is 0.290 e. The second kappa shape index (κ2) is 7.84. The maximum absolute atomic E-state index is 13.5. The predicted octanol–water partition coefficient (Wildman–Crippen LogP) is 4.24. The molecule has 0 spiro atoms. The molecule has 1 aliphatic heterocycles. The van der Waals surface area contributed by atoms with Crippen molar-refractivity contribution in [3.63, 3.8) is 0 Å². The van der Waals surface area contributed by atoms with E-state index in [2.05, 4.69) is 9.97 Å². The van der Waals surface area contributed by atoms with Gasteiger partial charge >= 0.3 is 0 Å². The van der Waals surface area contributed by atoms with Crippen molar-refractivity contribution in [2.24, 2.45) is 0 Å². The SMILES string of the molecule is Cc1cccc(C2C(C(=O)c3sc(C)nc3C)=C(O)C(=O)N2Cc2ccccn2)c1. The monoisotopic (exact) mass is 419 g/mol. The van der Waals surface area contributed by atoms with E-state index in [1.54, 1.807) is 19.2 Å². The Hall–Kier alpha value is -3.32. The average Bonchev–Trinajstić information content (AvgIpc) is 3.19. The van der Waals surface area contributed by atoms with Crippen molar-refractivity contribution >= 4 is 23.0 Å². The van der Waals surface area contributed by atoms with Gasteiger partial charge in [0.2, 0.25) is 5.78 Å². The molecule has 2 aromatic heterocycles. The van der Waals surface area contributed by atoms with Crippen molar-refractivity contribution in [3.8, 4) is 0 Å². The van der Waals surface area contributed by atoms with E-state index < -0.39 is 17.7 Å². The van der Waals surface area contributed by atoms with Crippen molar-refractivity contribution < 1.29 is 14.7 Å². The molecule has 1 amide bonds. The Kier molecular flexibility index (Phi) is 5.22. The van der Waals surface area contributed by atoms with Crippen LogP contribution in [0.25, 0.3) is 0 Å². The number of nitrogens with zero attached hydrogens (tertiary/aromatic N) is 3. The number of pyridine rings is 1. The number of aromatic nitrogens is 2. The van der Waals surface area contributed by atoms with Crippen LogP contribution in [0.5, 0.6) is 0 Å². The van der Waals surface area contributed by atoms with E-state index >= 15 is 0 Å². The van der Waals surface area contributed by atoms with Gasteiger partial charge in [-0.2, -0.15) is 0 Å². The van der Waals surface area contributed by atoms with Crippen LogP contribution in [0.4, 0.5) is 0 Å². The quantitative estimate of drug-likeness (QED) is 0.626. The van der Waals surface area contributed by atoms with Crippen molar-refractivity contribution in [1.82, 2.24) is 14.9 Å². The zero-order chi connectivity index (χ0) is 21.4. The molecule has 30 heavy (non-hydrogen) atoms. The summed E-state index contributed by atoms with van der Waals surface area (Å²) in [6.45, 7) is 5.72. The Morgan fingerprint density at radius 2 is 1.97 bits per heavy atom. The summed E-state index contributed by atoms with van der Waals surface area (Å²) in [5.41, 5.74) is 3.14. The summed E-state index contributed by atoms with van der Waals surface area (Å²) in [5.74, 6) is -1.44. The van der Waals surface area contributed by atoms with Gasteiger partial charge in [0, 0.05) is 6.20 Å². The Bertz CT molecular complexity index is 1170. The van der Waals surface area contributed by atoms with Crippen LogP contribution in [0.2, 0.25) is 0 Å². The molecule has 0 radical (unpaired) electrons. The van der Waals surface area contributed by atoms with Gasteiger partial charge in [-0.25, -0.2) is 4.98 Å².